The van der Waals surface area contributed by atoms with Crippen molar-refractivity contribution in [2.75, 3.05) is 25.1 Å². The maximum atomic E-state index is 12.2. The molecule has 1 saturated heterocycles. The second-order valence-electron chi connectivity index (χ2n) is 7.67. The number of carbonyl (C=O) groups is 1. The van der Waals surface area contributed by atoms with Crippen LogP contribution in [0.15, 0.2) is 28.7 Å². The summed E-state index contributed by atoms with van der Waals surface area (Å²) in [5, 5.41) is 8.72. The molecule has 0 atom stereocenters. The molecule has 1 aliphatic carbocycles. The minimum absolute atomic E-state index is 0.0131. The normalized spacial score (nSPS) is 18.8. The number of rotatable bonds is 5. The molecule has 3 heterocycles. The van der Waals surface area contributed by atoms with Crippen LogP contribution in [-0.4, -0.2) is 51.5 Å². The lowest BCUT2D eigenvalue weighted by Gasteiger charge is -2.34. The molecule has 164 valence electrons. The number of aromatic nitrogens is 4. The van der Waals surface area contributed by atoms with Gasteiger partial charge in [0.15, 0.2) is 0 Å². The second-order valence-corrected chi connectivity index (χ2v) is 8.12. The summed E-state index contributed by atoms with van der Waals surface area (Å²) in [5.74, 6) is 6.56. The Bertz CT molecular complexity index is 1080. The third-order valence-electron chi connectivity index (χ3n) is 5.61. The van der Waals surface area contributed by atoms with Crippen LogP contribution in [0.2, 0.25) is 0 Å². The number of carbonyl (C=O) groups excluding carboxylic acids is 1. The summed E-state index contributed by atoms with van der Waals surface area (Å²) < 4.78 is 6.63. The summed E-state index contributed by atoms with van der Waals surface area (Å²) in [4.78, 5) is 27.7. The largest absolute Gasteiger partial charge is 0.469 e. The molecule has 2 N–H and O–H groups in total. The number of ether oxygens (including phenoxy) is 1. The molecule has 2 aliphatic rings. The molecule has 1 aliphatic heterocycles. The Hall–Kier alpha value is -2.98. The number of methoxy groups -OCH3 is 1. The fraction of sp³-hybridized carbons (Fsp3) is 0.450. The first-order valence-electron chi connectivity index (χ1n) is 10.1. The number of nitrogens with zero attached hydrogens (tertiary/aromatic N) is 6. The quantitative estimate of drug-likeness (QED) is 0.549. The van der Waals surface area contributed by atoms with Crippen molar-refractivity contribution in [3.63, 3.8) is 0 Å². The number of hydrogen-bond donors (Lipinski definition) is 1. The standard InChI is InChI=1S/C20H24ClN7O3/c1-12-5-7-27(8-6-12)19-18(14-4-3-13(26-31-22)9-15(14)21)16(10-17(29)30-2)25-20-23-11-24-28(19)20/h3-4,11-12H,5-10,22H2,1-2H3. The average molecular weight is 446 g/mol. The van der Waals surface area contributed by atoms with E-state index in [1.54, 1.807) is 10.6 Å². The number of fused-ring (bicyclic) bond motifs is 1. The van der Waals surface area contributed by atoms with Gasteiger partial charge in [0.2, 0.25) is 0 Å². The van der Waals surface area contributed by atoms with Gasteiger partial charge in [-0.1, -0.05) is 29.8 Å². The first-order valence-corrected chi connectivity index (χ1v) is 10.4. The molecule has 0 spiro atoms. The fourth-order valence-electron chi connectivity index (χ4n) is 3.93. The van der Waals surface area contributed by atoms with Gasteiger partial charge in [-0.15, -0.1) is 5.90 Å². The van der Waals surface area contributed by atoms with Gasteiger partial charge in [-0.25, -0.2) is 4.98 Å². The zero-order valence-electron chi connectivity index (χ0n) is 17.4. The van der Waals surface area contributed by atoms with Crippen LogP contribution in [0.1, 0.15) is 37.4 Å². The summed E-state index contributed by atoms with van der Waals surface area (Å²) >= 11 is 6.69. The van der Waals surface area contributed by atoms with Crippen molar-refractivity contribution in [3.05, 3.63) is 34.8 Å². The number of allylic oxidation sites excluding steroid dienone is 4. The fourth-order valence-corrected chi connectivity index (χ4v) is 4.22. The van der Waals surface area contributed by atoms with Gasteiger partial charge >= 0.3 is 5.97 Å². The molecule has 2 aromatic heterocycles. The highest BCUT2D eigenvalue weighted by molar-refractivity contribution is 6.36. The highest BCUT2D eigenvalue weighted by Crippen LogP contribution is 2.38. The second kappa shape index (κ2) is 9.03. The summed E-state index contributed by atoms with van der Waals surface area (Å²) in [6.07, 6.45) is 7.51. The Balaban J connectivity index is 1.92. The maximum absolute atomic E-state index is 12.2. The lowest BCUT2D eigenvalue weighted by molar-refractivity contribution is -0.139. The van der Waals surface area contributed by atoms with Crippen LogP contribution >= 0.6 is 11.6 Å². The first kappa shape index (κ1) is 21.3. The van der Waals surface area contributed by atoms with Crippen LogP contribution in [-0.2, 0) is 20.9 Å². The Kier molecular flexibility index (Phi) is 6.19. The van der Waals surface area contributed by atoms with Gasteiger partial charge in [-0.2, -0.15) is 14.6 Å². The number of halogens is 1. The minimum atomic E-state index is -0.397. The molecule has 0 saturated carbocycles. The van der Waals surface area contributed by atoms with E-state index in [-0.39, 0.29) is 6.42 Å². The van der Waals surface area contributed by atoms with E-state index in [1.807, 2.05) is 6.08 Å². The molecule has 0 aromatic carbocycles. The highest BCUT2D eigenvalue weighted by atomic mass is 35.5. The van der Waals surface area contributed by atoms with Crippen LogP contribution in [0.4, 0.5) is 5.82 Å². The van der Waals surface area contributed by atoms with E-state index in [2.05, 4.69) is 37.0 Å². The van der Waals surface area contributed by atoms with E-state index >= 15 is 0 Å². The van der Waals surface area contributed by atoms with Crippen LogP contribution in [0.3, 0.4) is 0 Å². The minimum Gasteiger partial charge on any atom is -0.469 e. The Morgan fingerprint density at radius 1 is 1.35 bits per heavy atom. The van der Waals surface area contributed by atoms with Crippen molar-refractivity contribution in [1.29, 1.82) is 0 Å². The zero-order chi connectivity index (χ0) is 22.0. The van der Waals surface area contributed by atoms with Crippen molar-refractivity contribution < 1.29 is 14.5 Å². The summed E-state index contributed by atoms with van der Waals surface area (Å²) in [6.45, 7) is 3.96. The number of esters is 1. The van der Waals surface area contributed by atoms with Gasteiger partial charge < -0.3 is 14.6 Å². The van der Waals surface area contributed by atoms with Crippen LogP contribution in [0.25, 0.3) is 11.4 Å². The molecule has 2 aromatic rings. The van der Waals surface area contributed by atoms with Crippen molar-refractivity contribution in [2.45, 2.75) is 32.6 Å². The van der Waals surface area contributed by atoms with Crippen LogP contribution < -0.4 is 10.8 Å². The molecule has 0 unspecified atom stereocenters. The monoisotopic (exact) mass is 445 g/mol. The molecule has 0 radical (unpaired) electrons. The van der Waals surface area contributed by atoms with Gasteiger partial charge in [0.05, 0.1) is 24.9 Å². The lowest BCUT2D eigenvalue weighted by atomic mass is 9.94. The molecule has 1 fully saturated rings. The predicted octanol–water partition coefficient (Wildman–Crippen LogP) is 2.23. The molecule has 4 rings (SSSR count). The number of anilines is 1. The number of oxime groups is 1. The summed E-state index contributed by atoms with van der Waals surface area (Å²) in [7, 11) is 1.35. The van der Waals surface area contributed by atoms with Gasteiger partial charge in [-0.3, -0.25) is 4.79 Å². The van der Waals surface area contributed by atoms with E-state index in [0.717, 1.165) is 42.9 Å². The maximum Gasteiger partial charge on any atom is 0.311 e. The predicted molar refractivity (Wildman–Crippen MR) is 116 cm³/mol. The number of hydrogen-bond acceptors (Lipinski definition) is 9. The van der Waals surface area contributed by atoms with Gasteiger partial charge in [0.25, 0.3) is 5.78 Å². The smallest absolute Gasteiger partial charge is 0.311 e. The zero-order valence-corrected chi connectivity index (χ0v) is 18.2. The van der Waals surface area contributed by atoms with E-state index in [1.165, 1.54) is 13.4 Å². The first-order chi connectivity index (χ1) is 15.0. The lowest BCUT2D eigenvalue weighted by Crippen LogP contribution is -2.35. The molecule has 0 amide bonds. The molecule has 0 bridgehead atoms. The number of nitrogens with two attached hydrogens (primary N) is 1. The average Bonchev–Trinajstić information content (AvgIpc) is 3.22. The molecule has 11 heteroatoms. The van der Waals surface area contributed by atoms with Crippen molar-refractivity contribution >= 4 is 40.5 Å². The van der Waals surface area contributed by atoms with Crippen molar-refractivity contribution in [3.8, 4) is 0 Å². The van der Waals surface area contributed by atoms with Gasteiger partial charge in [0.1, 0.15) is 12.1 Å². The molecular formula is C20H24ClN7O3. The van der Waals surface area contributed by atoms with Crippen LogP contribution in [0, 0.1) is 5.92 Å². The van der Waals surface area contributed by atoms with Gasteiger partial charge in [-0.05, 0) is 24.8 Å². The van der Waals surface area contributed by atoms with E-state index < -0.39 is 5.97 Å². The van der Waals surface area contributed by atoms with Gasteiger partial charge in [0, 0.05) is 35.7 Å². The third-order valence-corrected chi connectivity index (χ3v) is 5.95. The number of piperidine rings is 1. The van der Waals surface area contributed by atoms with E-state index in [0.29, 0.717) is 34.6 Å². The van der Waals surface area contributed by atoms with Crippen LogP contribution in [0.5, 0.6) is 0 Å². The molecule has 10 nitrogen and oxygen atoms in total. The Labute approximate surface area is 184 Å². The highest BCUT2D eigenvalue weighted by Gasteiger charge is 2.29. The van der Waals surface area contributed by atoms with E-state index in [4.69, 9.17) is 22.2 Å². The molecular weight excluding hydrogens is 422 g/mol. The summed E-state index contributed by atoms with van der Waals surface area (Å²) in [5.41, 5.74) is 2.62. The summed E-state index contributed by atoms with van der Waals surface area (Å²) in [6, 6.07) is 0. The molecule has 31 heavy (non-hydrogen) atoms. The SMILES string of the molecule is COC(=O)Cc1nc2ncnn2c(N2CCC(C)CC2)c1C1=C(Cl)CC(=NON)C=C1. The van der Waals surface area contributed by atoms with E-state index in [9.17, 15) is 4.79 Å². The Morgan fingerprint density at radius 3 is 2.81 bits per heavy atom. The Morgan fingerprint density at radius 2 is 2.13 bits per heavy atom. The van der Waals surface area contributed by atoms with Crippen molar-refractivity contribution in [2.24, 2.45) is 17.0 Å². The van der Waals surface area contributed by atoms with Crippen molar-refractivity contribution in [1.82, 2.24) is 19.6 Å². The topological polar surface area (TPSA) is 120 Å². The third kappa shape index (κ3) is 4.26.